The summed E-state index contributed by atoms with van der Waals surface area (Å²) in [5.41, 5.74) is 2.90. The molecule has 8 heteroatoms. The Bertz CT molecular complexity index is 1110. The molecule has 2 saturated heterocycles. The van der Waals surface area contributed by atoms with Crippen molar-refractivity contribution in [2.24, 2.45) is 17.8 Å². The summed E-state index contributed by atoms with van der Waals surface area (Å²) in [6, 6.07) is 10.1. The minimum Gasteiger partial charge on any atom is -0.395 e. The molecule has 6 aliphatic rings. The molecule has 4 aliphatic carbocycles. The molecule has 35 heavy (non-hydrogen) atoms. The number of likely N-dealkylation sites (tertiary alicyclic amines) is 1. The van der Waals surface area contributed by atoms with Crippen LogP contribution in [-0.2, 0) is 0 Å². The van der Waals surface area contributed by atoms with Gasteiger partial charge in [-0.3, -0.25) is 4.90 Å². The number of anilines is 4. The summed E-state index contributed by atoms with van der Waals surface area (Å²) >= 11 is 0. The highest BCUT2D eigenvalue weighted by atomic mass is 16.3. The van der Waals surface area contributed by atoms with Crippen LogP contribution in [0.2, 0.25) is 0 Å². The Kier molecular flexibility index (Phi) is 5.02. The monoisotopic (exact) mass is 476 g/mol. The van der Waals surface area contributed by atoms with Gasteiger partial charge in [0.15, 0.2) is 0 Å². The Morgan fingerprint density at radius 2 is 1.89 bits per heavy atom. The molecule has 0 radical (unpaired) electrons. The molecule has 8 nitrogen and oxygen atoms in total. The van der Waals surface area contributed by atoms with Gasteiger partial charge in [-0.1, -0.05) is 0 Å². The maximum atomic E-state index is 10.7. The number of piperazine rings is 1. The van der Waals surface area contributed by atoms with E-state index in [-0.39, 0.29) is 6.61 Å². The lowest BCUT2D eigenvalue weighted by Crippen LogP contribution is -2.47. The third-order valence-corrected chi connectivity index (χ3v) is 9.55. The van der Waals surface area contributed by atoms with Gasteiger partial charge in [0, 0.05) is 60.9 Å². The van der Waals surface area contributed by atoms with Crippen LogP contribution in [0.1, 0.15) is 37.7 Å². The third kappa shape index (κ3) is 3.69. The average molecular weight is 477 g/mol. The lowest BCUT2D eigenvalue weighted by molar-refractivity contribution is -0.0140. The Morgan fingerprint density at radius 3 is 2.63 bits per heavy atom. The fraction of sp³-hybridized carbons (Fsp3) is 0.630. The molecule has 7 atom stereocenters. The van der Waals surface area contributed by atoms with Crippen LogP contribution in [0.15, 0.2) is 30.5 Å². The summed E-state index contributed by atoms with van der Waals surface area (Å²) < 4.78 is 0. The number of hydrogen-bond donors (Lipinski definition) is 4. The molecule has 0 amide bonds. The Labute approximate surface area is 206 Å². The molecule has 8 rings (SSSR count). The Hall–Kier alpha value is -2.42. The van der Waals surface area contributed by atoms with Gasteiger partial charge in [0.2, 0.25) is 5.95 Å². The molecule has 7 unspecified atom stereocenters. The molecular formula is C27H36N6O2. The topological polar surface area (TPSA) is 96.8 Å². The summed E-state index contributed by atoms with van der Waals surface area (Å²) in [6.07, 6.45) is 7.17. The number of fused-ring (bicyclic) bond motifs is 2. The second kappa shape index (κ2) is 8.05. The van der Waals surface area contributed by atoms with E-state index in [0.29, 0.717) is 41.8 Å². The molecule has 0 spiro atoms. The first kappa shape index (κ1) is 21.8. The molecular weight excluding hydrogens is 440 g/mol. The summed E-state index contributed by atoms with van der Waals surface area (Å²) in [4.78, 5) is 14.3. The van der Waals surface area contributed by atoms with Gasteiger partial charge >= 0.3 is 0 Å². The van der Waals surface area contributed by atoms with Crippen molar-refractivity contribution in [2.75, 3.05) is 41.8 Å². The maximum Gasteiger partial charge on any atom is 0.229 e. The minimum absolute atomic E-state index is 0.244. The number of benzene rings is 1. The van der Waals surface area contributed by atoms with E-state index < -0.39 is 5.60 Å². The number of nitrogens with one attached hydrogen (secondary N) is 2. The smallest absolute Gasteiger partial charge is 0.229 e. The van der Waals surface area contributed by atoms with Gasteiger partial charge in [-0.05, 0) is 81.0 Å². The van der Waals surface area contributed by atoms with E-state index in [4.69, 9.17) is 4.98 Å². The van der Waals surface area contributed by atoms with Crippen molar-refractivity contribution in [1.29, 1.82) is 0 Å². The number of aryl methyl sites for hydroxylation is 1. The highest BCUT2D eigenvalue weighted by molar-refractivity contribution is 5.61. The zero-order chi connectivity index (χ0) is 23.7. The molecule has 1 aromatic heterocycles. The molecule has 6 bridgehead atoms. The van der Waals surface area contributed by atoms with Gasteiger partial charge in [-0.15, -0.1) is 0 Å². The van der Waals surface area contributed by atoms with Crippen molar-refractivity contribution in [3.63, 3.8) is 0 Å². The van der Waals surface area contributed by atoms with Gasteiger partial charge in [-0.2, -0.15) is 4.98 Å². The van der Waals surface area contributed by atoms with Gasteiger partial charge in [-0.25, -0.2) is 4.98 Å². The molecule has 186 valence electrons. The van der Waals surface area contributed by atoms with Crippen LogP contribution in [-0.4, -0.2) is 75.0 Å². The first-order valence-electron chi connectivity index (χ1n) is 13.3. The van der Waals surface area contributed by atoms with Crippen LogP contribution in [0.5, 0.6) is 0 Å². The summed E-state index contributed by atoms with van der Waals surface area (Å²) in [5.74, 6) is 3.29. The van der Waals surface area contributed by atoms with E-state index in [9.17, 15) is 10.2 Å². The van der Waals surface area contributed by atoms with Gasteiger partial charge in [0.05, 0.1) is 12.2 Å². The van der Waals surface area contributed by atoms with Crippen LogP contribution in [0.4, 0.5) is 23.1 Å². The van der Waals surface area contributed by atoms with E-state index >= 15 is 0 Å². The lowest BCUT2D eigenvalue weighted by Gasteiger charge is -2.38. The standard InChI is InChI=1S/C27H36N6O2/c1-16-13-28-26(31-25(16)30-24-18-8-17-10-27(35,11-18)12-23(17)24)29-19-2-4-20(5-3-19)33-15-21-9-22(33)14-32(21)6-7-34/h2-5,13,17-18,21-24,34-35H,6-12,14-15H2,1H3,(H2,28,29,30,31). The van der Waals surface area contributed by atoms with Crippen molar-refractivity contribution in [1.82, 2.24) is 14.9 Å². The highest BCUT2D eigenvalue weighted by Gasteiger charge is 2.60. The third-order valence-electron chi connectivity index (χ3n) is 9.55. The maximum absolute atomic E-state index is 10.7. The summed E-state index contributed by atoms with van der Waals surface area (Å²) in [6.45, 7) is 5.17. The normalized spacial score (nSPS) is 36.9. The predicted octanol–water partition coefficient (Wildman–Crippen LogP) is 2.75. The fourth-order valence-electron chi connectivity index (χ4n) is 8.12. The Balaban J connectivity index is 1.02. The highest BCUT2D eigenvalue weighted by Crippen LogP contribution is 2.60. The van der Waals surface area contributed by atoms with E-state index in [1.165, 1.54) is 18.5 Å². The van der Waals surface area contributed by atoms with Gasteiger partial charge in [0.25, 0.3) is 0 Å². The second-order valence-electron chi connectivity index (χ2n) is 11.7. The fourth-order valence-corrected chi connectivity index (χ4v) is 8.12. The SMILES string of the molecule is Cc1cnc(Nc2ccc(N3CC4CC3CN4CCO)cc2)nc1NC1C2CC3CC(O)(C2)CC31. The number of aliphatic hydroxyl groups is 2. The van der Waals surface area contributed by atoms with Gasteiger partial charge in [0.1, 0.15) is 5.82 Å². The number of nitrogens with zero attached hydrogens (tertiary/aromatic N) is 4. The van der Waals surface area contributed by atoms with Crippen LogP contribution in [0.25, 0.3) is 0 Å². The zero-order valence-corrected chi connectivity index (χ0v) is 20.4. The van der Waals surface area contributed by atoms with E-state index in [0.717, 1.165) is 56.0 Å². The first-order chi connectivity index (χ1) is 17.0. The van der Waals surface area contributed by atoms with Gasteiger partial charge < -0.3 is 25.7 Å². The molecule has 1 aromatic carbocycles. The molecule has 6 fully saturated rings. The molecule has 2 aromatic rings. The quantitative estimate of drug-likeness (QED) is 0.485. The van der Waals surface area contributed by atoms with Crippen LogP contribution in [0.3, 0.4) is 0 Å². The number of rotatable bonds is 7. The van der Waals surface area contributed by atoms with Crippen molar-refractivity contribution < 1.29 is 10.2 Å². The van der Waals surface area contributed by atoms with Crippen LogP contribution >= 0.6 is 0 Å². The summed E-state index contributed by atoms with van der Waals surface area (Å²) in [7, 11) is 0. The van der Waals surface area contributed by atoms with Crippen LogP contribution < -0.4 is 15.5 Å². The zero-order valence-electron chi connectivity index (χ0n) is 20.4. The van der Waals surface area contributed by atoms with Crippen molar-refractivity contribution >= 4 is 23.1 Å². The van der Waals surface area contributed by atoms with Crippen molar-refractivity contribution in [3.8, 4) is 0 Å². The molecule has 4 saturated carbocycles. The molecule has 2 aliphatic heterocycles. The number of aromatic nitrogens is 2. The van der Waals surface area contributed by atoms with E-state index in [2.05, 4.69) is 56.6 Å². The lowest BCUT2D eigenvalue weighted by atomic mass is 9.76. The number of β-amino-alcohol motifs (C(OH)–C–C–N with tert-alkyl or cyclic N) is 1. The number of aliphatic hydroxyl groups excluding tert-OH is 1. The molecule has 3 heterocycles. The second-order valence-corrected chi connectivity index (χ2v) is 11.7. The van der Waals surface area contributed by atoms with E-state index in [1.54, 1.807) is 0 Å². The number of hydrogen-bond acceptors (Lipinski definition) is 8. The average Bonchev–Trinajstić information content (AvgIpc) is 3.55. The van der Waals surface area contributed by atoms with Crippen molar-refractivity contribution in [2.45, 2.75) is 62.8 Å². The largest absolute Gasteiger partial charge is 0.395 e. The van der Waals surface area contributed by atoms with Crippen molar-refractivity contribution in [3.05, 3.63) is 36.0 Å². The van der Waals surface area contributed by atoms with E-state index in [1.807, 2.05) is 6.20 Å². The summed E-state index contributed by atoms with van der Waals surface area (Å²) in [5, 5.41) is 27.2. The minimum atomic E-state index is -0.399. The first-order valence-corrected chi connectivity index (χ1v) is 13.3. The molecule has 4 N–H and O–H groups in total. The Morgan fingerprint density at radius 1 is 1.06 bits per heavy atom. The van der Waals surface area contributed by atoms with Crippen LogP contribution in [0, 0.1) is 24.7 Å². The predicted molar refractivity (Wildman–Crippen MR) is 136 cm³/mol.